The first-order chi connectivity index (χ1) is 22.1. The van der Waals surface area contributed by atoms with Crippen LogP contribution in [0.3, 0.4) is 0 Å². The van der Waals surface area contributed by atoms with E-state index in [0.717, 1.165) is 17.1 Å². The predicted octanol–water partition coefficient (Wildman–Crippen LogP) is 6.98. The maximum Gasteiger partial charge on any atom is 0.335 e. The van der Waals surface area contributed by atoms with Crippen LogP contribution < -0.4 is 14.9 Å². The van der Waals surface area contributed by atoms with Crippen LogP contribution in [0.25, 0.3) is 5.69 Å². The highest BCUT2D eigenvalue weighted by molar-refractivity contribution is 9.10. The lowest BCUT2D eigenvalue weighted by atomic mass is 10.1. The lowest BCUT2D eigenvalue weighted by molar-refractivity contribution is -0.386. The van der Waals surface area contributed by atoms with Gasteiger partial charge in [-0.05, 0) is 86.1 Å². The van der Waals surface area contributed by atoms with Gasteiger partial charge >= 0.3 is 17.6 Å². The molecule has 0 fully saturated rings. The minimum atomic E-state index is -1.11. The molecule has 0 aliphatic rings. The Hall–Kier alpha value is -5.69. The van der Waals surface area contributed by atoms with Crippen molar-refractivity contribution in [1.29, 1.82) is 0 Å². The molecular formula is C33H27BrN4O8. The first-order valence-corrected chi connectivity index (χ1v) is 14.6. The first kappa shape index (κ1) is 31.7. The number of furan rings is 1. The van der Waals surface area contributed by atoms with Crippen LogP contribution in [-0.4, -0.2) is 32.7 Å². The molecule has 13 heteroatoms. The van der Waals surface area contributed by atoms with Crippen molar-refractivity contribution in [2.75, 3.05) is 0 Å². The number of hydrogen-bond acceptors (Lipinski definition) is 8. The Kier molecular flexibility index (Phi) is 9.62. The van der Waals surface area contributed by atoms with Crippen LogP contribution in [0.4, 0.5) is 5.69 Å². The monoisotopic (exact) mass is 686 g/mol. The molecule has 0 spiro atoms. The van der Waals surface area contributed by atoms with E-state index >= 15 is 0 Å². The smallest absolute Gasteiger partial charge is 0.335 e. The summed E-state index contributed by atoms with van der Waals surface area (Å²) in [5.74, 6) is -0.841. The number of aryl methyl sites for hydroxylation is 2. The number of benzene rings is 3. The van der Waals surface area contributed by atoms with Crippen molar-refractivity contribution in [3.63, 3.8) is 0 Å². The van der Waals surface area contributed by atoms with E-state index in [0.29, 0.717) is 21.5 Å². The van der Waals surface area contributed by atoms with Crippen LogP contribution in [0.5, 0.6) is 11.5 Å². The largest absolute Gasteiger partial charge is 0.486 e. The topological polar surface area (TPSA) is 158 Å². The van der Waals surface area contributed by atoms with Crippen LogP contribution in [0.1, 0.15) is 49.2 Å². The number of amides is 1. The number of carboxylic acid groups (broad SMARTS) is 1. The Balaban J connectivity index is 1.22. The molecule has 5 aromatic rings. The van der Waals surface area contributed by atoms with E-state index in [1.807, 2.05) is 38.1 Å². The number of nitro groups is 1. The van der Waals surface area contributed by atoms with Gasteiger partial charge in [0.05, 0.1) is 16.7 Å². The lowest BCUT2D eigenvalue weighted by Crippen LogP contribution is -2.17. The van der Waals surface area contributed by atoms with Gasteiger partial charge in [0.2, 0.25) is 5.75 Å². The lowest BCUT2D eigenvalue weighted by Gasteiger charge is -2.11. The molecular weight excluding hydrogens is 660 g/mol. The van der Waals surface area contributed by atoms with Gasteiger partial charge in [-0.2, -0.15) is 5.10 Å². The van der Waals surface area contributed by atoms with Gasteiger partial charge in [0.15, 0.2) is 5.76 Å². The first-order valence-electron chi connectivity index (χ1n) is 13.8. The molecule has 0 aliphatic heterocycles. The van der Waals surface area contributed by atoms with Crippen LogP contribution in [0, 0.1) is 24.0 Å². The van der Waals surface area contributed by atoms with Crippen molar-refractivity contribution in [1.82, 2.24) is 9.99 Å². The number of nitro benzene ring substituents is 1. The number of aromatic carboxylic acids is 1. The molecule has 12 nitrogen and oxygen atoms in total. The van der Waals surface area contributed by atoms with Crippen LogP contribution in [0.15, 0.2) is 98.9 Å². The summed E-state index contributed by atoms with van der Waals surface area (Å²) in [7, 11) is 0. The molecule has 1 amide bonds. The van der Waals surface area contributed by atoms with Crippen molar-refractivity contribution < 1.29 is 33.5 Å². The average Bonchev–Trinajstić information content (AvgIpc) is 3.65. The highest BCUT2D eigenvalue weighted by Crippen LogP contribution is 2.34. The molecule has 2 N–H and O–H groups in total. The van der Waals surface area contributed by atoms with Crippen molar-refractivity contribution in [2.24, 2.45) is 5.10 Å². The van der Waals surface area contributed by atoms with Gasteiger partial charge in [-0.15, -0.1) is 0 Å². The molecule has 0 saturated heterocycles. The fraction of sp³-hybridized carbons (Fsp3) is 0.121. The highest BCUT2D eigenvalue weighted by Gasteiger charge is 2.21. The van der Waals surface area contributed by atoms with Crippen molar-refractivity contribution in [3.05, 3.63) is 139 Å². The van der Waals surface area contributed by atoms with Gasteiger partial charge in [0, 0.05) is 33.2 Å². The van der Waals surface area contributed by atoms with Crippen molar-refractivity contribution in [3.8, 4) is 17.2 Å². The van der Waals surface area contributed by atoms with Gasteiger partial charge in [-0.3, -0.25) is 14.9 Å². The summed E-state index contributed by atoms with van der Waals surface area (Å²) in [6.45, 7) is 4.03. The minimum Gasteiger partial charge on any atom is -0.486 e. The van der Waals surface area contributed by atoms with Gasteiger partial charge in [-0.1, -0.05) is 28.1 Å². The standard InChI is InChI=1S/C33H27BrN4O8/c1-20-6-7-21(2)37(20)26-8-10-27(11-9-26)44-19-28-12-13-30(46-28)32(39)36-35-17-24-15-25(34)16-29(38(42)43)31(24)45-18-22-4-3-5-23(14-22)33(40)41/h3-17H,18-19H2,1-2H3,(H,36,39)(H,40,41)/b35-17+. The minimum absolute atomic E-state index is 0.0142. The number of nitrogens with one attached hydrogen (secondary N) is 1. The third-order valence-corrected chi connectivity index (χ3v) is 7.28. The van der Waals surface area contributed by atoms with Crippen LogP contribution in [0.2, 0.25) is 0 Å². The molecule has 0 unspecified atom stereocenters. The number of carbonyl (C=O) groups is 2. The molecule has 3 aromatic carbocycles. The van der Waals surface area contributed by atoms with Gasteiger partial charge < -0.3 is 23.6 Å². The maximum atomic E-state index is 12.7. The molecule has 0 bridgehead atoms. The molecule has 5 rings (SSSR count). The van der Waals surface area contributed by atoms with E-state index in [9.17, 15) is 24.8 Å². The molecule has 0 saturated carbocycles. The molecule has 2 heterocycles. The Labute approximate surface area is 271 Å². The number of ether oxygens (including phenoxy) is 2. The summed E-state index contributed by atoms with van der Waals surface area (Å²) >= 11 is 3.24. The van der Waals surface area contributed by atoms with Gasteiger partial charge in [-0.25, -0.2) is 10.2 Å². The summed E-state index contributed by atoms with van der Waals surface area (Å²) in [6, 6.07) is 23.7. The second-order valence-electron chi connectivity index (χ2n) is 10.1. The third kappa shape index (κ3) is 7.50. The summed E-state index contributed by atoms with van der Waals surface area (Å²) in [6.07, 6.45) is 1.20. The summed E-state index contributed by atoms with van der Waals surface area (Å²) < 4.78 is 19.7. The van der Waals surface area contributed by atoms with E-state index < -0.39 is 16.8 Å². The number of carbonyl (C=O) groups excluding carboxylic acids is 1. The zero-order chi connectivity index (χ0) is 32.8. The summed E-state index contributed by atoms with van der Waals surface area (Å²) in [5, 5.41) is 24.9. The molecule has 0 aliphatic carbocycles. The number of hydrogen-bond donors (Lipinski definition) is 2. The Morgan fingerprint density at radius 2 is 1.74 bits per heavy atom. The third-order valence-electron chi connectivity index (χ3n) is 6.82. The van der Waals surface area contributed by atoms with Gasteiger partial charge in [0.1, 0.15) is 24.7 Å². The number of nitrogens with zero attached hydrogens (tertiary/aromatic N) is 3. The van der Waals surface area contributed by atoms with E-state index in [1.165, 1.54) is 36.5 Å². The Morgan fingerprint density at radius 1 is 1.00 bits per heavy atom. The zero-order valence-corrected chi connectivity index (χ0v) is 26.2. The second kappa shape index (κ2) is 13.9. The van der Waals surface area contributed by atoms with Crippen molar-refractivity contribution >= 4 is 39.7 Å². The molecule has 2 aromatic heterocycles. The van der Waals surface area contributed by atoms with E-state index in [2.05, 4.69) is 43.2 Å². The fourth-order valence-electron chi connectivity index (χ4n) is 4.65. The van der Waals surface area contributed by atoms with E-state index in [1.54, 1.807) is 18.2 Å². The van der Waals surface area contributed by atoms with Crippen LogP contribution >= 0.6 is 15.9 Å². The van der Waals surface area contributed by atoms with Crippen molar-refractivity contribution in [2.45, 2.75) is 27.1 Å². The average molecular weight is 688 g/mol. The normalized spacial score (nSPS) is 11.0. The second-order valence-corrected chi connectivity index (χ2v) is 11.0. The Morgan fingerprint density at radius 3 is 2.43 bits per heavy atom. The molecule has 0 radical (unpaired) electrons. The summed E-state index contributed by atoms with van der Waals surface area (Å²) in [5.41, 5.74) is 6.00. The maximum absolute atomic E-state index is 12.7. The molecule has 0 atom stereocenters. The van der Waals surface area contributed by atoms with Crippen LogP contribution in [-0.2, 0) is 13.2 Å². The number of rotatable bonds is 12. The molecule has 46 heavy (non-hydrogen) atoms. The number of carboxylic acids is 1. The SMILES string of the molecule is Cc1ccc(C)n1-c1ccc(OCc2ccc(C(=O)N/N=C/c3cc(Br)cc([N+](=O)[O-])c3OCc3cccc(C(=O)O)c3)o2)cc1. The number of halogens is 1. The molecule has 234 valence electrons. The van der Waals surface area contributed by atoms with E-state index in [-0.39, 0.29) is 41.5 Å². The number of aromatic nitrogens is 1. The quantitative estimate of drug-likeness (QED) is 0.0808. The fourth-order valence-corrected chi connectivity index (χ4v) is 5.12. The highest BCUT2D eigenvalue weighted by atomic mass is 79.9. The predicted molar refractivity (Wildman–Crippen MR) is 172 cm³/mol. The van der Waals surface area contributed by atoms with Gasteiger partial charge in [0.25, 0.3) is 0 Å². The Bertz CT molecular complexity index is 1930. The number of hydrazone groups is 1. The van der Waals surface area contributed by atoms with E-state index in [4.69, 9.17) is 13.9 Å². The summed E-state index contributed by atoms with van der Waals surface area (Å²) in [4.78, 5) is 35.1. The zero-order valence-electron chi connectivity index (χ0n) is 24.6.